The second kappa shape index (κ2) is 6.97. The highest BCUT2D eigenvalue weighted by molar-refractivity contribution is 6.30. The predicted octanol–water partition coefficient (Wildman–Crippen LogP) is 5.06. The summed E-state index contributed by atoms with van der Waals surface area (Å²) in [7, 11) is 0. The second-order valence-electron chi connectivity index (χ2n) is 5.61. The van der Waals surface area contributed by atoms with Crippen LogP contribution in [-0.2, 0) is 4.79 Å². The molecule has 1 saturated carbocycles. The summed E-state index contributed by atoms with van der Waals surface area (Å²) in [6.45, 7) is 0. The van der Waals surface area contributed by atoms with E-state index in [9.17, 15) is 9.90 Å². The van der Waals surface area contributed by atoms with Gasteiger partial charge in [-0.2, -0.15) is 0 Å². The lowest BCUT2D eigenvalue weighted by atomic mass is 9.88. The standard InChI is InChI=1S/C18H17ClO2.C/c19-15-10-8-13(9-11-15)12-4-6-14(7-5-12)16-2-1-3-17(16)18(20)21;/h4-11,16-17H,1-3H2,(H,20,21);. The van der Waals surface area contributed by atoms with Gasteiger partial charge in [0.2, 0.25) is 0 Å². The van der Waals surface area contributed by atoms with Crippen molar-refractivity contribution in [2.75, 3.05) is 0 Å². The molecule has 2 aromatic carbocycles. The lowest BCUT2D eigenvalue weighted by Gasteiger charge is -2.16. The number of hydrogen-bond donors (Lipinski definition) is 1. The van der Waals surface area contributed by atoms with Crippen LogP contribution in [-0.4, -0.2) is 11.1 Å². The molecule has 1 aliphatic carbocycles. The Hall–Kier alpha value is -1.80. The number of benzene rings is 2. The Kier molecular flexibility index (Phi) is 5.25. The molecule has 0 saturated heterocycles. The normalized spacial score (nSPS) is 20.4. The molecule has 0 aromatic heterocycles. The molecule has 112 valence electrons. The fraction of sp³-hybridized carbons (Fsp3) is 0.263. The van der Waals surface area contributed by atoms with Crippen LogP contribution in [0.2, 0.25) is 5.02 Å². The Bertz CT molecular complexity index is 631. The maximum atomic E-state index is 11.3. The van der Waals surface area contributed by atoms with Crippen molar-refractivity contribution >= 4 is 17.6 Å². The Labute approximate surface area is 136 Å². The number of hydrogen-bond acceptors (Lipinski definition) is 1. The third-order valence-corrected chi connectivity index (χ3v) is 4.60. The van der Waals surface area contributed by atoms with Crippen LogP contribution < -0.4 is 0 Å². The van der Waals surface area contributed by atoms with Crippen molar-refractivity contribution in [3.05, 3.63) is 66.5 Å². The Morgan fingerprint density at radius 2 is 1.50 bits per heavy atom. The van der Waals surface area contributed by atoms with Crippen LogP contribution >= 0.6 is 11.6 Å². The molecule has 3 rings (SSSR count). The van der Waals surface area contributed by atoms with E-state index in [1.807, 2.05) is 24.3 Å². The molecule has 1 N–H and O–H groups in total. The van der Waals surface area contributed by atoms with Crippen molar-refractivity contribution in [2.24, 2.45) is 5.92 Å². The average molecular weight is 313 g/mol. The van der Waals surface area contributed by atoms with Gasteiger partial charge in [-0.25, -0.2) is 0 Å². The fourth-order valence-corrected chi connectivity index (χ4v) is 3.35. The van der Waals surface area contributed by atoms with E-state index in [1.165, 1.54) is 0 Å². The van der Waals surface area contributed by atoms with Gasteiger partial charge in [-0.1, -0.05) is 54.4 Å². The molecule has 2 unspecified atom stereocenters. The van der Waals surface area contributed by atoms with Crippen molar-refractivity contribution in [1.82, 2.24) is 0 Å². The SMILES string of the molecule is O=C(O)C1CCCC1c1ccc(-c2ccc(Cl)cc2)cc1.[C]. The van der Waals surface area contributed by atoms with E-state index >= 15 is 0 Å². The molecular formula is C19H17ClO2. The third-order valence-electron chi connectivity index (χ3n) is 4.35. The van der Waals surface area contributed by atoms with Gasteiger partial charge in [-0.15, -0.1) is 0 Å². The van der Waals surface area contributed by atoms with E-state index in [0.29, 0.717) is 0 Å². The molecule has 0 amide bonds. The van der Waals surface area contributed by atoms with Crippen molar-refractivity contribution in [2.45, 2.75) is 25.2 Å². The lowest BCUT2D eigenvalue weighted by molar-refractivity contribution is -0.142. The molecule has 2 aromatic rings. The summed E-state index contributed by atoms with van der Waals surface area (Å²) >= 11 is 5.90. The zero-order valence-corrected chi connectivity index (χ0v) is 12.9. The third kappa shape index (κ3) is 3.33. The summed E-state index contributed by atoms with van der Waals surface area (Å²) in [5.41, 5.74) is 3.38. The quantitative estimate of drug-likeness (QED) is 0.860. The van der Waals surface area contributed by atoms with Gasteiger partial charge in [0.05, 0.1) is 5.92 Å². The largest absolute Gasteiger partial charge is 0.481 e. The smallest absolute Gasteiger partial charge is 0.307 e. The summed E-state index contributed by atoms with van der Waals surface area (Å²) in [5.74, 6) is -0.743. The molecule has 0 bridgehead atoms. The maximum absolute atomic E-state index is 11.3. The number of halogens is 1. The molecule has 1 aliphatic rings. The predicted molar refractivity (Wildman–Crippen MR) is 87.8 cm³/mol. The van der Waals surface area contributed by atoms with Crippen molar-refractivity contribution in [3.63, 3.8) is 0 Å². The molecule has 0 heterocycles. The monoisotopic (exact) mass is 312 g/mol. The van der Waals surface area contributed by atoms with Crippen LogP contribution in [0.1, 0.15) is 30.7 Å². The molecular weight excluding hydrogens is 296 g/mol. The molecule has 2 atom stereocenters. The van der Waals surface area contributed by atoms with Crippen LogP contribution in [0.4, 0.5) is 0 Å². The van der Waals surface area contributed by atoms with Gasteiger partial charge in [-0.05, 0) is 47.6 Å². The van der Waals surface area contributed by atoms with Crippen LogP contribution in [0.25, 0.3) is 11.1 Å². The first-order chi connectivity index (χ1) is 10.1. The van der Waals surface area contributed by atoms with Gasteiger partial charge in [-0.3, -0.25) is 4.79 Å². The number of rotatable bonds is 3. The van der Waals surface area contributed by atoms with E-state index in [-0.39, 0.29) is 19.3 Å². The van der Waals surface area contributed by atoms with E-state index in [1.54, 1.807) is 0 Å². The van der Waals surface area contributed by atoms with Crippen molar-refractivity contribution in [3.8, 4) is 11.1 Å². The summed E-state index contributed by atoms with van der Waals surface area (Å²) in [4.78, 5) is 11.3. The fourth-order valence-electron chi connectivity index (χ4n) is 3.22. The Morgan fingerprint density at radius 1 is 0.955 bits per heavy atom. The van der Waals surface area contributed by atoms with Gasteiger partial charge in [0.1, 0.15) is 0 Å². The van der Waals surface area contributed by atoms with E-state index in [2.05, 4.69) is 24.3 Å². The molecule has 2 nitrogen and oxygen atoms in total. The van der Waals surface area contributed by atoms with Gasteiger partial charge >= 0.3 is 5.97 Å². The second-order valence-corrected chi connectivity index (χ2v) is 6.05. The first-order valence-electron chi connectivity index (χ1n) is 7.24. The van der Waals surface area contributed by atoms with Crippen LogP contribution in [0.5, 0.6) is 0 Å². The highest BCUT2D eigenvalue weighted by Crippen LogP contribution is 2.40. The Morgan fingerprint density at radius 3 is 2.05 bits per heavy atom. The topological polar surface area (TPSA) is 37.3 Å². The van der Waals surface area contributed by atoms with Crippen molar-refractivity contribution < 1.29 is 9.90 Å². The molecule has 22 heavy (non-hydrogen) atoms. The summed E-state index contributed by atoms with van der Waals surface area (Å²) in [6, 6.07) is 16.0. The average Bonchev–Trinajstić information content (AvgIpc) is 2.98. The van der Waals surface area contributed by atoms with Crippen LogP contribution in [0, 0.1) is 13.3 Å². The molecule has 1 fully saturated rings. The first-order valence-corrected chi connectivity index (χ1v) is 7.61. The molecule has 0 aliphatic heterocycles. The first kappa shape index (κ1) is 16.6. The van der Waals surface area contributed by atoms with Crippen LogP contribution in [0.3, 0.4) is 0 Å². The Balaban J connectivity index is 0.00000176. The highest BCUT2D eigenvalue weighted by atomic mass is 35.5. The van der Waals surface area contributed by atoms with Gasteiger partial charge in [0, 0.05) is 12.4 Å². The summed E-state index contributed by atoms with van der Waals surface area (Å²) in [6.07, 6.45) is 2.76. The number of carboxylic acid groups (broad SMARTS) is 1. The summed E-state index contributed by atoms with van der Waals surface area (Å²) < 4.78 is 0. The zero-order chi connectivity index (χ0) is 14.8. The number of carboxylic acids is 1. The molecule has 0 spiro atoms. The van der Waals surface area contributed by atoms with E-state index < -0.39 is 5.97 Å². The summed E-state index contributed by atoms with van der Waals surface area (Å²) in [5, 5.41) is 10.0. The molecule has 4 radical (unpaired) electrons. The minimum absolute atomic E-state index is 0. The molecule has 3 heteroatoms. The maximum Gasteiger partial charge on any atom is 0.307 e. The van der Waals surface area contributed by atoms with Gasteiger partial charge < -0.3 is 5.11 Å². The zero-order valence-electron chi connectivity index (χ0n) is 12.1. The number of aliphatic carboxylic acids is 1. The van der Waals surface area contributed by atoms with Crippen LogP contribution in [0.15, 0.2) is 48.5 Å². The lowest BCUT2D eigenvalue weighted by Crippen LogP contribution is -2.16. The minimum Gasteiger partial charge on any atom is -0.481 e. The van der Waals surface area contributed by atoms with Gasteiger partial charge in [0.25, 0.3) is 0 Å². The van der Waals surface area contributed by atoms with E-state index in [0.717, 1.165) is 41.0 Å². The number of carbonyl (C=O) groups is 1. The van der Waals surface area contributed by atoms with Crippen molar-refractivity contribution in [1.29, 1.82) is 0 Å². The van der Waals surface area contributed by atoms with Gasteiger partial charge in [0.15, 0.2) is 0 Å². The van der Waals surface area contributed by atoms with E-state index in [4.69, 9.17) is 11.6 Å². The highest BCUT2D eigenvalue weighted by Gasteiger charge is 2.33. The minimum atomic E-state index is -0.667.